The molecule has 31 heavy (non-hydrogen) atoms. The van der Waals surface area contributed by atoms with Crippen molar-refractivity contribution in [2.24, 2.45) is 13.0 Å². The zero-order chi connectivity index (χ0) is 22.2. The number of fused-ring (bicyclic) bond motifs is 1. The molecule has 0 bridgehead atoms. The first-order valence-corrected chi connectivity index (χ1v) is 12.5. The Balaban J connectivity index is 1.44. The highest BCUT2D eigenvalue weighted by molar-refractivity contribution is 7.98. The lowest BCUT2D eigenvalue weighted by atomic mass is 9.97. The van der Waals surface area contributed by atoms with E-state index in [0.717, 1.165) is 10.6 Å². The summed E-state index contributed by atoms with van der Waals surface area (Å²) in [4.78, 5) is 25.4. The second kappa shape index (κ2) is 8.52. The van der Waals surface area contributed by atoms with E-state index in [1.54, 1.807) is 24.9 Å². The number of hydrogen-bond donors (Lipinski definition) is 1. The van der Waals surface area contributed by atoms with Crippen LogP contribution in [0.2, 0.25) is 0 Å². The van der Waals surface area contributed by atoms with Crippen molar-refractivity contribution in [2.45, 2.75) is 22.6 Å². The zero-order valence-corrected chi connectivity index (χ0v) is 18.8. The summed E-state index contributed by atoms with van der Waals surface area (Å²) in [6.07, 6.45) is 2.85. The number of carbonyl (C=O) groups is 1. The maximum Gasteiger partial charge on any atom is 0.419 e. The third-order valence-electron chi connectivity index (χ3n) is 5.56. The van der Waals surface area contributed by atoms with E-state index in [-0.39, 0.29) is 35.4 Å². The maximum atomic E-state index is 13.1. The van der Waals surface area contributed by atoms with Gasteiger partial charge in [0, 0.05) is 42.7 Å². The first kappa shape index (κ1) is 21.7. The molecule has 1 aliphatic heterocycles. The Morgan fingerprint density at radius 1 is 1.16 bits per heavy atom. The molecule has 0 radical (unpaired) electrons. The van der Waals surface area contributed by atoms with Gasteiger partial charge in [-0.05, 0) is 49.4 Å². The van der Waals surface area contributed by atoms with Crippen molar-refractivity contribution < 1.29 is 17.6 Å². The fraction of sp³-hybridized carbons (Fsp3) is 0.333. The maximum absolute atomic E-state index is 13.1. The second-order valence-electron chi connectivity index (χ2n) is 7.46. The Kier molecular flexibility index (Phi) is 5.96. The van der Waals surface area contributed by atoms with Crippen LogP contribution in [0.15, 0.2) is 61.5 Å². The third-order valence-corrected chi connectivity index (χ3v) is 8.18. The van der Waals surface area contributed by atoms with Gasteiger partial charge in [0.1, 0.15) is 0 Å². The van der Waals surface area contributed by atoms with E-state index < -0.39 is 15.8 Å². The van der Waals surface area contributed by atoms with Crippen molar-refractivity contribution in [3.05, 3.63) is 53.0 Å². The van der Waals surface area contributed by atoms with Gasteiger partial charge in [-0.25, -0.2) is 13.2 Å². The smallest absolute Gasteiger partial charge is 0.408 e. The van der Waals surface area contributed by atoms with Crippen LogP contribution < -0.4 is 11.1 Å². The molecule has 1 saturated heterocycles. The predicted molar refractivity (Wildman–Crippen MR) is 120 cm³/mol. The number of oxazole rings is 1. The largest absolute Gasteiger partial charge is 0.419 e. The molecule has 1 fully saturated rings. The molecule has 0 saturated carbocycles. The Morgan fingerprint density at radius 3 is 2.61 bits per heavy atom. The fourth-order valence-electron chi connectivity index (χ4n) is 3.73. The number of benzene rings is 2. The molecule has 0 unspecified atom stereocenters. The Bertz CT molecular complexity index is 1290. The highest BCUT2D eigenvalue weighted by atomic mass is 32.2. The molecule has 164 valence electrons. The van der Waals surface area contributed by atoms with Gasteiger partial charge < -0.3 is 9.73 Å². The van der Waals surface area contributed by atoms with Crippen molar-refractivity contribution in [1.82, 2.24) is 8.87 Å². The summed E-state index contributed by atoms with van der Waals surface area (Å²) in [5.41, 5.74) is 1.50. The molecule has 0 aliphatic carbocycles. The van der Waals surface area contributed by atoms with Crippen LogP contribution in [0.1, 0.15) is 12.8 Å². The number of sulfonamides is 1. The highest BCUT2D eigenvalue weighted by Crippen LogP contribution is 2.27. The van der Waals surface area contributed by atoms with Gasteiger partial charge in [-0.3, -0.25) is 9.36 Å². The molecule has 1 aromatic heterocycles. The number of aryl methyl sites for hydroxylation is 1. The monoisotopic (exact) mass is 461 g/mol. The first-order valence-electron chi connectivity index (χ1n) is 9.84. The van der Waals surface area contributed by atoms with E-state index in [9.17, 15) is 18.0 Å². The number of piperidine rings is 1. The van der Waals surface area contributed by atoms with E-state index in [1.165, 1.54) is 21.0 Å². The summed E-state index contributed by atoms with van der Waals surface area (Å²) >= 11 is 1.60. The zero-order valence-electron chi connectivity index (χ0n) is 17.2. The van der Waals surface area contributed by atoms with Crippen LogP contribution in [0.25, 0.3) is 11.1 Å². The van der Waals surface area contributed by atoms with Crippen LogP contribution in [0, 0.1) is 5.92 Å². The number of aromatic nitrogens is 1. The molecule has 1 N–H and O–H groups in total. The van der Waals surface area contributed by atoms with Crippen LogP contribution in [0.5, 0.6) is 0 Å². The predicted octanol–water partition coefficient (Wildman–Crippen LogP) is 2.89. The van der Waals surface area contributed by atoms with E-state index in [4.69, 9.17) is 4.42 Å². The summed E-state index contributed by atoms with van der Waals surface area (Å²) < 4.78 is 33.9. The number of nitrogens with zero attached hydrogens (tertiary/aromatic N) is 2. The van der Waals surface area contributed by atoms with Gasteiger partial charge in [0.15, 0.2) is 5.58 Å². The molecule has 2 heterocycles. The Hall–Kier alpha value is -2.56. The Labute approximate surface area is 184 Å². The van der Waals surface area contributed by atoms with Gasteiger partial charge in [-0.15, -0.1) is 11.8 Å². The number of hydrogen-bond acceptors (Lipinski definition) is 6. The van der Waals surface area contributed by atoms with Crippen molar-refractivity contribution in [2.75, 3.05) is 24.7 Å². The number of amides is 1. The lowest BCUT2D eigenvalue weighted by Gasteiger charge is -2.30. The lowest BCUT2D eigenvalue weighted by Crippen LogP contribution is -2.41. The van der Waals surface area contributed by atoms with Crippen LogP contribution in [-0.4, -0.2) is 42.5 Å². The number of rotatable bonds is 5. The van der Waals surface area contributed by atoms with Crippen molar-refractivity contribution in [3.8, 4) is 0 Å². The summed E-state index contributed by atoms with van der Waals surface area (Å²) in [6, 6.07) is 12.0. The molecule has 0 atom stereocenters. The van der Waals surface area contributed by atoms with E-state index in [0.29, 0.717) is 18.4 Å². The van der Waals surface area contributed by atoms with Gasteiger partial charge in [-0.2, -0.15) is 4.31 Å². The van der Waals surface area contributed by atoms with Crippen molar-refractivity contribution >= 4 is 44.5 Å². The number of anilines is 1. The molecule has 0 spiro atoms. The molecule has 8 nitrogen and oxygen atoms in total. The normalized spacial score (nSPS) is 15.9. The molecule has 1 aliphatic rings. The van der Waals surface area contributed by atoms with Gasteiger partial charge in [-0.1, -0.05) is 6.07 Å². The highest BCUT2D eigenvalue weighted by Gasteiger charge is 2.32. The van der Waals surface area contributed by atoms with Gasteiger partial charge in [0.25, 0.3) is 0 Å². The average Bonchev–Trinajstić information content (AvgIpc) is 3.07. The van der Waals surface area contributed by atoms with Crippen LogP contribution in [0.4, 0.5) is 5.69 Å². The van der Waals surface area contributed by atoms with Gasteiger partial charge in [0.2, 0.25) is 15.9 Å². The second-order valence-corrected chi connectivity index (χ2v) is 10.3. The van der Waals surface area contributed by atoms with E-state index >= 15 is 0 Å². The number of thioether (sulfide) groups is 1. The minimum atomic E-state index is -3.75. The quantitative estimate of drug-likeness (QED) is 0.586. The number of nitrogens with one attached hydrogen (secondary N) is 1. The first-order chi connectivity index (χ1) is 14.8. The van der Waals surface area contributed by atoms with Gasteiger partial charge in [0.05, 0.1) is 10.4 Å². The fourth-order valence-corrected chi connectivity index (χ4v) is 5.67. The molecule has 1 amide bonds. The van der Waals surface area contributed by atoms with Crippen LogP contribution in [0.3, 0.4) is 0 Å². The summed E-state index contributed by atoms with van der Waals surface area (Å²) in [6.45, 7) is 0.504. The topological polar surface area (TPSA) is 102 Å². The minimum absolute atomic E-state index is 0.0751. The van der Waals surface area contributed by atoms with E-state index in [2.05, 4.69) is 5.32 Å². The van der Waals surface area contributed by atoms with Crippen molar-refractivity contribution in [3.63, 3.8) is 0 Å². The molecule has 2 aromatic carbocycles. The Morgan fingerprint density at radius 2 is 1.90 bits per heavy atom. The SMILES string of the molecule is CSc1cccc(NC(=O)C2CCN(S(=O)(=O)c3ccc4c(c3)oc(=O)n4C)CC2)c1. The standard InChI is InChI=1S/C21H23N3O5S2/c1-23-18-7-6-17(13-19(18)29-21(23)26)31(27,28)24-10-8-14(9-11-24)20(25)22-15-4-3-5-16(12-15)30-2/h3-7,12-14H,8-11H2,1-2H3,(H,22,25). The molecular formula is C21H23N3O5S2. The summed E-state index contributed by atoms with van der Waals surface area (Å²) in [7, 11) is -2.18. The van der Waals surface area contributed by atoms with E-state index in [1.807, 2.05) is 30.5 Å². The molecule has 4 rings (SSSR count). The molecule has 3 aromatic rings. The third kappa shape index (κ3) is 4.28. The summed E-state index contributed by atoms with van der Waals surface area (Å²) in [5, 5.41) is 2.93. The van der Waals surface area contributed by atoms with Gasteiger partial charge >= 0.3 is 5.76 Å². The average molecular weight is 462 g/mol. The van der Waals surface area contributed by atoms with Crippen molar-refractivity contribution in [1.29, 1.82) is 0 Å². The minimum Gasteiger partial charge on any atom is -0.408 e. The lowest BCUT2D eigenvalue weighted by molar-refractivity contribution is -0.120. The summed E-state index contributed by atoms with van der Waals surface area (Å²) in [5.74, 6) is -0.888. The molecule has 10 heteroatoms. The molecular weight excluding hydrogens is 438 g/mol. The van der Waals surface area contributed by atoms with Crippen LogP contribution in [-0.2, 0) is 21.9 Å². The number of carbonyl (C=O) groups excluding carboxylic acids is 1. The van der Waals surface area contributed by atoms with Crippen LogP contribution >= 0.6 is 11.8 Å².